The first kappa shape index (κ1) is 17.0. The van der Waals surface area contributed by atoms with Crippen molar-refractivity contribution in [2.45, 2.75) is 57.3 Å². The number of nitrogens with zero attached hydrogens (tertiary/aromatic N) is 1. The van der Waals surface area contributed by atoms with Crippen molar-refractivity contribution in [2.75, 3.05) is 13.1 Å². The predicted octanol–water partition coefficient (Wildman–Crippen LogP) is 5.50. The van der Waals surface area contributed by atoms with Crippen LogP contribution in [-0.2, 0) is 4.79 Å². The molecular weight excluding hydrogens is 332 g/mol. The number of benzene rings is 1. The number of fused-ring (bicyclic) bond motifs is 1. The molecular formula is C21H27ClN2O. The van der Waals surface area contributed by atoms with Gasteiger partial charge in [-0.15, -0.1) is 0 Å². The summed E-state index contributed by atoms with van der Waals surface area (Å²) in [5.74, 6) is 1.25. The van der Waals surface area contributed by atoms with Gasteiger partial charge in [-0.2, -0.15) is 0 Å². The van der Waals surface area contributed by atoms with E-state index in [4.69, 9.17) is 11.6 Å². The molecule has 4 rings (SSSR count). The topological polar surface area (TPSA) is 36.1 Å². The molecule has 0 unspecified atom stereocenters. The summed E-state index contributed by atoms with van der Waals surface area (Å²) in [6.07, 6.45) is 11.5. The maximum atomic E-state index is 12.9. The number of aromatic nitrogens is 1. The van der Waals surface area contributed by atoms with Gasteiger partial charge in [0.1, 0.15) is 0 Å². The van der Waals surface area contributed by atoms with Crippen molar-refractivity contribution in [1.29, 1.82) is 0 Å². The first-order valence-electron chi connectivity index (χ1n) is 9.76. The highest BCUT2D eigenvalue weighted by atomic mass is 35.5. The molecule has 0 spiro atoms. The van der Waals surface area contributed by atoms with E-state index in [0.29, 0.717) is 24.2 Å². The second-order valence-electron chi connectivity index (χ2n) is 7.73. The van der Waals surface area contributed by atoms with Gasteiger partial charge < -0.3 is 9.88 Å². The number of H-pyrrole nitrogens is 1. The summed E-state index contributed by atoms with van der Waals surface area (Å²) in [4.78, 5) is 18.3. The van der Waals surface area contributed by atoms with Gasteiger partial charge in [0.15, 0.2) is 0 Å². The van der Waals surface area contributed by atoms with Crippen molar-refractivity contribution < 1.29 is 4.79 Å². The van der Waals surface area contributed by atoms with E-state index in [1.54, 1.807) is 0 Å². The summed E-state index contributed by atoms with van der Waals surface area (Å²) < 4.78 is 0. The molecule has 4 heteroatoms. The number of aromatic amines is 1. The van der Waals surface area contributed by atoms with E-state index in [1.807, 2.05) is 12.1 Å². The molecule has 0 bridgehead atoms. The lowest BCUT2D eigenvalue weighted by Crippen LogP contribution is -2.31. The van der Waals surface area contributed by atoms with Crippen LogP contribution in [0, 0.1) is 5.92 Å². The average Bonchev–Trinajstić information content (AvgIpc) is 3.30. The van der Waals surface area contributed by atoms with Gasteiger partial charge in [-0.1, -0.05) is 30.9 Å². The highest BCUT2D eigenvalue weighted by Crippen LogP contribution is 2.41. The zero-order valence-corrected chi connectivity index (χ0v) is 15.5. The third-order valence-corrected chi connectivity index (χ3v) is 6.38. The Kier molecular flexibility index (Phi) is 5.03. The first-order chi connectivity index (χ1) is 12.2. The van der Waals surface area contributed by atoms with Gasteiger partial charge in [0.2, 0.25) is 5.91 Å². The molecule has 2 heterocycles. The Balaban J connectivity index is 1.65. The van der Waals surface area contributed by atoms with Gasteiger partial charge >= 0.3 is 0 Å². The Labute approximate surface area is 154 Å². The van der Waals surface area contributed by atoms with Gasteiger partial charge in [-0.05, 0) is 61.3 Å². The standard InChI is InChI=1S/C21H27ClN2O/c22-16-8-9-20-18(12-16)19(14-23-20)17(15-6-2-1-3-7-15)13-21(25)24-10-4-5-11-24/h8-9,12,14-15,17,23H,1-7,10-11,13H2/t17-/m1/s1. The second kappa shape index (κ2) is 7.41. The minimum Gasteiger partial charge on any atom is -0.361 e. The Hall–Kier alpha value is -1.48. The molecule has 1 aromatic heterocycles. The Morgan fingerprint density at radius 2 is 1.92 bits per heavy atom. The van der Waals surface area contributed by atoms with Crippen LogP contribution >= 0.6 is 11.6 Å². The first-order valence-corrected chi connectivity index (χ1v) is 10.1. The molecule has 1 saturated carbocycles. The lowest BCUT2D eigenvalue weighted by molar-refractivity contribution is -0.130. The largest absolute Gasteiger partial charge is 0.361 e. The molecule has 1 N–H and O–H groups in total. The van der Waals surface area contributed by atoms with Crippen molar-refractivity contribution in [3.8, 4) is 0 Å². The number of nitrogens with one attached hydrogen (secondary N) is 1. The molecule has 25 heavy (non-hydrogen) atoms. The minimum atomic E-state index is 0.306. The van der Waals surface area contributed by atoms with Crippen LogP contribution in [0.2, 0.25) is 5.02 Å². The molecule has 2 aromatic rings. The molecule has 2 aliphatic rings. The summed E-state index contributed by atoms with van der Waals surface area (Å²) in [5, 5.41) is 1.96. The molecule has 1 aliphatic carbocycles. The normalized spacial score (nSPS) is 20.3. The third kappa shape index (κ3) is 3.57. The number of carbonyl (C=O) groups excluding carboxylic acids is 1. The Bertz CT molecular complexity index is 741. The zero-order chi connectivity index (χ0) is 17.2. The average molecular weight is 359 g/mol. The summed E-state index contributed by atoms with van der Waals surface area (Å²) >= 11 is 6.26. The minimum absolute atomic E-state index is 0.306. The zero-order valence-electron chi connectivity index (χ0n) is 14.8. The van der Waals surface area contributed by atoms with E-state index < -0.39 is 0 Å². The van der Waals surface area contributed by atoms with E-state index >= 15 is 0 Å². The van der Waals surface area contributed by atoms with Crippen molar-refractivity contribution in [3.05, 3.63) is 35.0 Å². The number of hydrogen-bond acceptors (Lipinski definition) is 1. The molecule has 1 amide bonds. The van der Waals surface area contributed by atoms with E-state index in [-0.39, 0.29) is 0 Å². The van der Waals surface area contributed by atoms with E-state index in [0.717, 1.165) is 36.5 Å². The maximum absolute atomic E-state index is 12.9. The fraction of sp³-hybridized carbons (Fsp3) is 0.571. The molecule has 2 fully saturated rings. The van der Waals surface area contributed by atoms with Crippen molar-refractivity contribution in [1.82, 2.24) is 9.88 Å². The molecule has 134 valence electrons. The predicted molar refractivity (Wildman–Crippen MR) is 103 cm³/mol. The van der Waals surface area contributed by atoms with Crippen LogP contribution in [0.25, 0.3) is 10.9 Å². The van der Waals surface area contributed by atoms with Crippen LogP contribution < -0.4 is 0 Å². The number of halogens is 1. The monoisotopic (exact) mass is 358 g/mol. The second-order valence-corrected chi connectivity index (χ2v) is 8.17. The van der Waals surface area contributed by atoms with Crippen LogP contribution in [0.15, 0.2) is 24.4 Å². The molecule has 0 radical (unpaired) electrons. The van der Waals surface area contributed by atoms with Crippen molar-refractivity contribution in [3.63, 3.8) is 0 Å². The number of carbonyl (C=O) groups is 1. The van der Waals surface area contributed by atoms with E-state index in [9.17, 15) is 4.79 Å². The van der Waals surface area contributed by atoms with E-state index in [1.165, 1.54) is 43.1 Å². The Morgan fingerprint density at radius 1 is 1.16 bits per heavy atom. The van der Waals surface area contributed by atoms with Gasteiger partial charge in [0.25, 0.3) is 0 Å². The lowest BCUT2D eigenvalue weighted by Gasteiger charge is -2.31. The van der Waals surface area contributed by atoms with Gasteiger partial charge in [0, 0.05) is 41.6 Å². The molecule has 1 saturated heterocycles. The molecule has 1 aromatic carbocycles. The smallest absolute Gasteiger partial charge is 0.223 e. The van der Waals surface area contributed by atoms with Gasteiger partial charge in [-0.25, -0.2) is 0 Å². The van der Waals surface area contributed by atoms with Crippen LogP contribution in [0.1, 0.15) is 62.8 Å². The number of amides is 1. The van der Waals surface area contributed by atoms with Crippen LogP contribution in [0.3, 0.4) is 0 Å². The third-order valence-electron chi connectivity index (χ3n) is 6.15. The lowest BCUT2D eigenvalue weighted by atomic mass is 9.75. The fourth-order valence-corrected chi connectivity index (χ4v) is 4.94. The summed E-state index contributed by atoms with van der Waals surface area (Å²) in [6.45, 7) is 1.88. The SMILES string of the molecule is O=C(C[C@@H](c1c[nH]c2ccc(Cl)cc12)C1CCCCC1)N1CCCC1. The van der Waals surface area contributed by atoms with Crippen LogP contribution in [0.5, 0.6) is 0 Å². The number of likely N-dealkylation sites (tertiary alicyclic amines) is 1. The van der Waals surface area contributed by atoms with Crippen molar-refractivity contribution in [2.24, 2.45) is 5.92 Å². The van der Waals surface area contributed by atoms with Crippen LogP contribution in [0.4, 0.5) is 0 Å². The molecule has 1 atom stereocenters. The van der Waals surface area contributed by atoms with Gasteiger partial charge in [-0.3, -0.25) is 4.79 Å². The summed E-state index contributed by atoms with van der Waals surface area (Å²) in [5.41, 5.74) is 2.41. The van der Waals surface area contributed by atoms with Crippen molar-refractivity contribution >= 4 is 28.4 Å². The molecule has 3 nitrogen and oxygen atoms in total. The van der Waals surface area contributed by atoms with Gasteiger partial charge in [0.05, 0.1) is 0 Å². The molecule has 1 aliphatic heterocycles. The maximum Gasteiger partial charge on any atom is 0.223 e. The number of hydrogen-bond donors (Lipinski definition) is 1. The highest BCUT2D eigenvalue weighted by Gasteiger charge is 2.31. The fourth-order valence-electron chi connectivity index (χ4n) is 4.77. The quantitative estimate of drug-likeness (QED) is 0.769. The van der Waals surface area contributed by atoms with Crippen LogP contribution in [-0.4, -0.2) is 28.9 Å². The Morgan fingerprint density at radius 3 is 2.68 bits per heavy atom. The summed E-state index contributed by atoms with van der Waals surface area (Å²) in [6, 6.07) is 6.02. The van der Waals surface area contributed by atoms with E-state index in [2.05, 4.69) is 22.1 Å². The summed E-state index contributed by atoms with van der Waals surface area (Å²) in [7, 11) is 0. The highest BCUT2D eigenvalue weighted by molar-refractivity contribution is 6.31. The number of rotatable bonds is 4.